The van der Waals surface area contributed by atoms with Crippen LogP contribution in [-0.2, 0) is 0 Å². The van der Waals surface area contributed by atoms with Crippen molar-refractivity contribution >= 4 is 76.2 Å². The summed E-state index contributed by atoms with van der Waals surface area (Å²) in [4.78, 5) is 0. The van der Waals surface area contributed by atoms with E-state index in [0.29, 0.717) is 0 Å². The van der Waals surface area contributed by atoms with E-state index in [0.717, 1.165) is 49.4 Å². The third-order valence-corrected chi connectivity index (χ3v) is 10.4. The molecule has 0 aliphatic rings. The maximum absolute atomic E-state index is 6.73. The number of fused-ring (bicyclic) bond motifs is 10. The average molecular weight is 637 g/mol. The largest absolute Gasteiger partial charge is 0.456 e. The van der Waals surface area contributed by atoms with Gasteiger partial charge < -0.3 is 8.83 Å². The Bertz CT molecular complexity index is 3080. The summed E-state index contributed by atoms with van der Waals surface area (Å²) in [5.41, 5.74) is 10.6. The van der Waals surface area contributed by atoms with Crippen molar-refractivity contribution < 1.29 is 8.83 Å². The molecule has 2 heterocycles. The van der Waals surface area contributed by atoms with Gasteiger partial charge in [0.15, 0.2) is 0 Å². The third-order valence-electron chi connectivity index (χ3n) is 10.4. The number of rotatable bonds is 3. The van der Waals surface area contributed by atoms with Crippen molar-refractivity contribution in [3.05, 3.63) is 170 Å². The van der Waals surface area contributed by atoms with Gasteiger partial charge in [0.1, 0.15) is 22.3 Å². The number of hydrogen-bond donors (Lipinski definition) is 0. The average Bonchev–Trinajstić information content (AvgIpc) is 3.75. The highest BCUT2D eigenvalue weighted by Gasteiger charge is 2.24. The Morgan fingerprint density at radius 1 is 0.300 bits per heavy atom. The zero-order valence-corrected chi connectivity index (χ0v) is 27.0. The molecule has 0 spiro atoms. The van der Waals surface area contributed by atoms with Crippen molar-refractivity contribution in [2.24, 2.45) is 0 Å². The van der Waals surface area contributed by atoms with Crippen LogP contribution in [0.2, 0.25) is 0 Å². The summed E-state index contributed by atoms with van der Waals surface area (Å²) in [6.07, 6.45) is 0. The molecule has 0 saturated carbocycles. The first-order chi connectivity index (χ1) is 24.8. The van der Waals surface area contributed by atoms with Gasteiger partial charge in [0, 0.05) is 16.2 Å². The minimum atomic E-state index is 0.828. The van der Waals surface area contributed by atoms with Crippen LogP contribution in [-0.4, -0.2) is 0 Å². The first kappa shape index (κ1) is 27.3. The zero-order chi connectivity index (χ0) is 32.8. The molecule has 0 aliphatic heterocycles. The molecule has 2 aromatic heterocycles. The van der Waals surface area contributed by atoms with E-state index in [9.17, 15) is 0 Å². The van der Waals surface area contributed by atoms with E-state index >= 15 is 0 Å². The van der Waals surface area contributed by atoms with E-state index in [2.05, 4.69) is 152 Å². The maximum atomic E-state index is 6.73. The van der Waals surface area contributed by atoms with E-state index in [1.807, 2.05) is 18.2 Å². The number of para-hydroxylation sites is 2. The summed E-state index contributed by atoms with van der Waals surface area (Å²) in [7, 11) is 0. The van der Waals surface area contributed by atoms with Crippen molar-refractivity contribution in [3.8, 4) is 33.4 Å². The lowest BCUT2D eigenvalue weighted by Crippen LogP contribution is -1.91. The van der Waals surface area contributed by atoms with Crippen molar-refractivity contribution in [2.45, 2.75) is 0 Å². The van der Waals surface area contributed by atoms with Gasteiger partial charge in [0.25, 0.3) is 0 Å². The second-order valence-corrected chi connectivity index (χ2v) is 13.2. The van der Waals surface area contributed by atoms with E-state index in [1.165, 1.54) is 60.1 Å². The molecule has 0 unspecified atom stereocenters. The SMILES string of the molecule is c1ccc(-c2ccc3cc(-c4c5ccccc5c(-c5cc6oc7ccccc7c6c6oc7ccccc7c56)c5ccccc45)ccc3c2)cc1. The number of hydrogen-bond acceptors (Lipinski definition) is 2. The molecular weight excluding hydrogens is 609 g/mol. The van der Waals surface area contributed by atoms with Gasteiger partial charge in [-0.3, -0.25) is 0 Å². The molecule has 0 radical (unpaired) electrons. The van der Waals surface area contributed by atoms with Crippen LogP contribution in [0, 0.1) is 0 Å². The van der Waals surface area contributed by atoms with Gasteiger partial charge in [-0.25, -0.2) is 0 Å². The molecule has 9 aromatic carbocycles. The summed E-state index contributed by atoms with van der Waals surface area (Å²) in [5.74, 6) is 0. The molecule has 11 rings (SSSR count). The van der Waals surface area contributed by atoms with Crippen LogP contribution in [0.25, 0.3) is 110 Å². The fraction of sp³-hybridized carbons (Fsp3) is 0. The van der Waals surface area contributed by atoms with E-state index in [-0.39, 0.29) is 0 Å². The monoisotopic (exact) mass is 636 g/mol. The predicted octanol–water partition coefficient (Wildman–Crippen LogP) is 13.9. The van der Waals surface area contributed by atoms with Gasteiger partial charge in [-0.2, -0.15) is 0 Å². The van der Waals surface area contributed by atoms with Crippen LogP contribution < -0.4 is 0 Å². The Kier molecular flexibility index (Phi) is 5.70. The molecule has 0 bridgehead atoms. The predicted molar refractivity (Wildman–Crippen MR) is 210 cm³/mol. The van der Waals surface area contributed by atoms with Crippen molar-refractivity contribution in [3.63, 3.8) is 0 Å². The Morgan fingerprint density at radius 3 is 1.46 bits per heavy atom. The summed E-state index contributed by atoms with van der Waals surface area (Å²) in [5, 5.41) is 11.6. The maximum Gasteiger partial charge on any atom is 0.147 e. The highest BCUT2D eigenvalue weighted by molar-refractivity contribution is 6.31. The van der Waals surface area contributed by atoms with E-state index in [4.69, 9.17) is 8.83 Å². The molecule has 0 N–H and O–H groups in total. The quantitative estimate of drug-likeness (QED) is 0.180. The molecule has 232 valence electrons. The Morgan fingerprint density at radius 2 is 0.800 bits per heavy atom. The molecular formula is C48H28O2. The molecule has 0 amide bonds. The van der Waals surface area contributed by atoms with Crippen LogP contribution in [0.4, 0.5) is 0 Å². The lowest BCUT2D eigenvalue weighted by atomic mass is 9.84. The van der Waals surface area contributed by atoms with Crippen molar-refractivity contribution in [1.29, 1.82) is 0 Å². The first-order valence-corrected chi connectivity index (χ1v) is 17.1. The van der Waals surface area contributed by atoms with Crippen LogP contribution in [0.3, 0.4) is 0 Å². The highest BCUT2D eigenvalue weighted by atomic mass is 16.3. The van der Waals surface area contributed by atoms with Crippen molar-refractivity contribution in [2.75, 3.05) is 0 Å². The Labute approximate surface area is 287 Å². The fourth-order valence-electron chi connectivity index (χ4n) is 8.23. The second-order valence-electron chi connectivity index (χ2n) is 13.2. The fourth-order valence-corrected chi connectivity index (χ4v) is 8.23. The van der Waals surface area contributed by atoms with E-state index < -0.39 is 0 Å². The molecule has 2 nitrogen and oxygen atoms in total. The van der Waals surface area contributed by atoms with Crippen LogP contribution in [0.1, 0.15) is 0 Å². The molecule has 0 fully saturated rings. The van der Waals surface area contributed by atoms with Gasteiger partial charge in [0.05, 0.1) is 5.39 Å². The van der Waals surface area contributed by atoms with E-state index in [1.54, 1.807) is 0 Å². The summed E-state index contributed by atoms with van der Waals surface area (Å²) >= 11 is 0. The molecule has 2 heteroatoms. The minimum absolute atomic E-state index is 0.828. The first-order valence-electron chi connectivity index (χ1n) is 17.1. The highest BCUT2D eigenvalue weighted by Crippen LogP contribution is 2.50. The number of benzene rings is 9. The summed E-state index contributed by atoms with van der Waals surface area (Å²) in [6.45, 7) is 0. The zero-order valence-electron chi connectivity index (χ0n) is 27.0. The Balaban J connectivity index is 1.23. The number of furan rings is 2. The van der Waals surface area contributed by atoms with Crippen LogP contribution in [0.15, 0.2) is 179 Å². The van der Waals surface area contributed by atoms with Gasteiger partial charge >= 0.3 is 0 Å². The standard InChI is InChI=1S/C48H28O2/c1-2-12-29(13-3-1)30-22-23-32-27-33(25-24-31(32)26-30)44-34-14-4-6-16-36(34)45(37-17-7-5-15-35(37)44)40-28-43-47(39-19-9-10-20-41(39)49-43)48-46(40)38-18-8-11-21-42(38)50-48/h1-28H. The van der Waals surface area contributed by atoms with Gasteiger partial charge in [-0.15, -0.1) is 0 Å². The van der Waals surface area contributed by atoms with Crippen LogP contribution in [0.5, 0.6) is 0 Å². The lowest BCUT2D eigenvalue weighted by molar-refractivity contribution is 0.663. The molecule has 11 aromatic rings. The molecule has 50 heavy (non-hydrogen) atoms. The van der Waals surface area contributed by atoms with Gasteiger partial charge in [-0.1, -0.05) is 140 Å². The third kappa shape index (κ3) is 3.90. The Hall–Kier alpha value is -6.64. The van der Waals surface area contributed by atoms with Gasteiger partial charge in [0.2, 0.25) is 0 Å². The lowest BCUT2D eigenvalue weighted by Gasteiger charge is -2.18. The molecule has 0 saturated heterocycles. The normalized spacial score (nSPS) is 12.0. The van der Waals surface area contributed by atoms with Crippen molar-refractivity contribution in [1.82, 2.24) is 0 Å². The molecule has 0 atom stereocenters. The topological polar surface area (TPSA) is 26.3 Å². The summed E-state index contributed by atoms with van der Waals surface area (Å²) < 4.78 is 13.3. The van der Waals surface area contributed by atoms with Gasteiger partial charge in [-0.05, 0) is 96.0 Å². The minimum Gasteiger partial charge on any atom is -0.456 e. The van der Waals surface area contributed by atoms with Crippen LogP contribution >= 0.6 is 0 Å². The second kappa shape index (κ2) is 10.4. The smallest absolute Gasteiger partial charge is 0.147 e. The molecule has 0 aliphatic carbocycles. The summed E-state index contributed by atoms with van der Waals surface area (Å²) in [6, 6.07) is 60.8.